The van der Waals surface area contributed by atoms with Crippen molar-refractivity contribution in [2.45, 2.75) is 6.42 Å². The number of phenols is 1. The van der Waals surface area contributed by atoms with Crippen molar-refractivity contribution in [2.75, 3.05) is 5.32 Å². The average Bonchev–Trinajstić information content (AvgIpc) is 2.10. The lowest BCUT2D eigenvalue weighted by Gasteiger charge is -2.05. The fraction of sp³-hybridized carbons (Fsp3) is 0.100. The molecule has 0 aliphatic heterocycles. The van der Waals surface area contributed by atoms with Gasteiger partial charge < -0.3 is 10.4 Å². The van der Waals surface area contributed by atoms with Gasteiger partial charge in [-0.2, -0.15) is 0 Å². The van der Waals surface area contributed by atoms with Crippen LogP contribution in [0.1, 0.15) is 6.42 Å². The van der Waals surface area contributed by atoms with E-state index in [0.29, 0.717) is 10.7 Å². The normalized spacial score (nSPS) is 9.50. The van der Waals surface area contributed by atoms with Crippen LogP contribution in [0.15, 0.2) is 30.9 Å². The lowest BCUT2D eigenvalue weighted by Crippen LogP contribution is -2.09. The summed E-state index contributed by atoms with van der Waals surface area (Å²) < 4.78 is 0. The molecule has 0 bridgehead atoms. The summed E-state index contributed by atoms with van der Waals surface area (Å²) in [6.07, 6.45) is 1.74. The number of anilines is 1. The monoisotopic (exact) mass is 211 g/mol. The largest absolute Gasteiger partial charge is 0.508 e. The molecule has 0 spiro atoms. The molecule has 0 radical (unpaired) electrons. The van der Waals surface area contributed by atoms with Gasteiger partial charge in [-0.25, -0.2) is 0 Å². The molecule has 0 heterocycles. The number of nitrogens with one attached hydrogen (secondary N) is 1. The summed E-state index contributed by atoms with van der Waals surface area (Å²) >= 11 is 5.77. The molecule has 2 N–H and O–H groups in total. The Labute approximate surface area is 87.0 Å². The van der Waals surface area contributed by atoms with Crippen molar-refractivity contribution in [3.05, 3.63) is 35.9 Å². The summed E-state index contributed by atoms with van der Waals surface area (Å²) in [4.78, 5) is 11.1. The fourth-order valence-electron chi connectivity index (χ4n) is 0.938. The van der Waals surface area contributed by atoms with Gasteiger partial charge in [0.05, 0.1) is 10.7 Å². The van der Waals surface area contributed by atoms with E-state index in [4.69, 9.17) is 16.7 Å². The molecule has 1 amide bonds. The highest BCUT2D eigenvalue weighted by atomic mass is 35.5. The number of benzene rings is 1. The maximum absolute atomic E-state index is 11.1. The molecule has 0 aromatic heterocycles. The Kier molecular flexibility index (Phi) is 3.54. The minimum Gasteiger partial charge on any atom is -0.508 e. The lowest BCUT2D eigenvalue weighted by molar-refractivity contribution is -0.115. The molecule has 74 valence electrons. The van der Waals surface area contributed by atoms with Gasteiger partial charge in [0.2, 0.25) is 5.91 Å². The summed E-state index contributed by atoms with van der Waals surface area (Å²) in [5.74, 6) is -0.121. The summed E-state index contributed by atoms with van der Waals surface area (Å²) in [6.45, 7) is 3.45. The van der Waals surface area contributed by atoms with Crippen LogP contribution in [-0.4, -0.2) is 11.0 Å². The van der Waals surface area contributed by atoms with Gasteiger partial charge in [0.25, 0.3) is 0 Å². The summed E-state index contributed by atoms with van der Waals surface area (Å²) in [5, 5.41) is 12.0. The van der Waals surface area contributed by atoms with E-state index in [2.05, 4.69) is 11.9 Å². The van der Waals surface area contributed by atoms with E-state index in [9.17, 15) is 4.79 Å². The number of amides is 1. The maximum Gasteiger partial charge on any atom is 0.228 e. The summed E-state index contributed by atoms with van der Waals surface area (Å²) in [5.41, 5.74) is 0.483. The lowest BCUT2D eigenvalue weighted by atomic mass is 10.3. The molecular weight excluding hydrogens is 202 g/mol. The van der Waals surface area contributed by atoms with Crippen LogP contribution in [0, 0.1) is 0 Å². The minimum absolute atomic E-state index is 0.0664. The fourth-order valence-corrected chi connectivity index (χ4v) is 1.16. The Morgan fingerprint density at radius 3 is 2.93 bits per heavy atom. The zero-order valence-corrected chi connectivity index (χ0v) is 8.21. The number of phenolic OH excluding ortho intramolecular Hbond substituents is 1. The summed E-state index contributed by atoms with van der Waals surface area (Å²) in [7, 11) is 0. The Bertz CT molecular complexity index is 363. The van der Waals surface area contributed by atoms with E-state index in [-0.39, 0.29) is 18.1 Å². The highest BCUT2D eigenvalue weighted by Gasteiger charge is 2.04. The van der Waals surface area contributed by atoms with Gasteiger partial charge in [0.15, 0.2) is 0 Å². The van der Waals surface area contributed by atoms with Crippen molar-refractivity contribution in [3.8, 4) is 5.75 Å². The molecule has 4 heteroatoms. The van der Waals surface area contributed by atoms with E-state index >= 15 is 0 Å². The number of carbonyl (C=O) groups excluding carboxylic acids is 1. The number of aromatic hydroxyl groups is 1. The molecular formula is C10H10ClNO2. The molecule has 0 aliphatic carbocycles. The Hall–Kier alpha value is -1.48. The van der Waals surface area contributed by atoms with E-state index in [1.807, 2.05) is 0 Å². The molecule has 14 heavy (non-hydrogen) atoms. The zero-order valence-electron chi connectivity index (χ0n) is 7.46. The Balaban J connectivity index is 2.76. The number of rotatable bonds is 3. The second kappa shape index (κ2) is 4.67. The van der Waals surface area contributed by atoms with Crippen molar-refractivity contribution in [2.24, 2.45) is 0 Å². The molecule has 0 aliphatic rings. The quantitative estimate of drug-likeness (QED) is 0.596. The SMILES string of the molecule is C=CCC(=O)Nc1ccc(O)cc1Cl. The first kappa shape index (κ1) is 10.6. The van der Waals surface area contributed by atoms with Crippen LogP contribution in [0.2, 0.25) is 5.02 Å². The second-order valence-electron chi connectivity index (χ2n) is 2.71. The van der Waals surface area contributed by atoms with Gasteiger partial charge in [0.1, 0.15) is 5.75 Å². The molecule has 1 aromatic rings. The molecule has 0 atom stereocenters. The Morgan fingerprint density at radius 1 is 1.64 bits per heavy atom. The topological polar surface area (TPSA) is 49.3 Å². The smallest absolute Gasteiger partial charge is 0.228 e. The predicted molar refractivity (Wildman–Crippen MR) is 56.6 cm³/mol. The third kappa shape index (κ3) is 2.78. The van der Waals surface area contributed by atoms with Crippen LogP contribution in [0.3, 0.4) is 0 Å². The Morgan fingerprint density at radius 2 is 2.36 bits per heavy atom. The first-order chi connectivity index (χ1) is 6.63. The maximum atomic E-state index is 11.1. The average molecular weight is 212 g/mol. The van der Waals surface area contributed by atoms with Crippen LogP contribution < -0.4 is 5.32 Å². The second-order valence-corrected chi connectivity index (χ2v) is 3.11. The molecule has 0 saturated carbocycles. The highest BCUT2D eigenvalue weighted by Crippen LogP contribution is 2.25. The number of hydrogen-bond donors (Lipinski definition) is 2. The molecule has 0 saturated heterocycles. The van der Waals surface area contributed by atoms with Crippen LogP contribution in [-0.2, 0) is 4.79 Å². The van der Waals surface area contributed by atoms with Crippen LogP contribution in [0.25, 0.3) is 0 Å². The zero-order chi connectivity index (χ0) is 10.6. The van der Waals surface area contributed by atoms with Crippen LogP contribution >= 0.6 is 11.6 Å². The van der Waals surface area contributed by atoms with Crippen molar-refractivity contribution >= 4 is 23.2 Å². The molecule has 0 fully saturated rings. The van der Waals surface area contributed by atoms with Gasteiger partial charge >= 0.3 is 0 Å². The standard InChI is InChI=1S/C10H10ClNO2/c1-2-3-10(14)12-9-5-4-7(13)6-8(9)11/h2,4-6,13H,1,3H2,(H,12,14). The third-order valence-electron chi connectivity index (χ3n) is 1.56. The molecule has 0 unspecified atom stereocenters. The minimum atomic E-state index is -0.187. The van der Waals surface area contributed by atoms with E-state index in [1.165, 1.54) is 18.2 Å². The van der Waals surface area contributed by atoms with Crippen molar-refractivity contribution in [1.29, 1.82) is 0 Å². The predicted octanol–water partition coefficient (Wildman–Crippen LogP) is 2.56. The number of hydrogen-bond acceptors (Lipinski definition) is 2. The van der Waals surface area contributed by atoms with Crippen LogP contribution in [0.4, 0.5) is 5.69 Å². The van der Waals surface area contributed by atoms with Crippen LogP contribution in [0.5, 0.6) is 5.75 Å². The van der Waals surface area contributed by atoms with Crippen molar-refractivity contribution < 1.29 is 9.90 Å². The van der Waals surface area contributed by atoms with Crippen molar-refractivity contribution in [1.82, 2.24) is 0 Å². The molecule has 1 rings (SSSR count). The van der Waals surface area contributed by atoms with Gasteiger partial charge in [-0.1, -0.05) is 17.7 Å². The van der Waals surface area contributed by atoms with Gasteiger partial charge in [-0.05, 0) is 12.1 Å². The molecule has 3 nitrogen and oxygen atoms in total. The number of halogens is 1. The van der Waals surface area contributed by atoms with Crippen molar-refractivity contribution in [3.63, 3.8) is 0 Å². The summed E-state index contributed by atoms with van der Waals surface area (Å²) in [6, 6.07) is 4.36. The van der Waals surface area contributed by atoms with Gasteiger partial charge in [-0.15, -0.1) is 6.58 Å². The first-order valence-electron chi connectivity index (χ1n) is 4.02. The third-order valence-corrected chi connectivity index (χ3v) is 1.87. The van der Waals surface area contributed by atoms with E-state index in [0.717, 1.165) is 0 Å². The van der Waals surface area contributed by atoms with Gasteiger partial charge in [-0.3, -0.25) is 4.79 Å². The number of carbonyl (C=O) groups is 1. The van der Waals surface area contributed by atoms with E-state index in [1.54, 1.807) is 6.07 Å². The van der Waals surface area contributed by atoms with Gasteiger partial charge in [0, 0.05) is 12.5 Å². The highest BCUT2D eigenvalue weighted by molar-refractivity contribution is 6.33. The molecule has 1 aromatic carbocycles. The first-order valence-corrected chi connectivity index (χ1v) is 4.40. The van der Waals surface area contributed by atoms with E-state index < -0.39 is 0 Å².